The summed E-state index contributed by atoms with van der Waals surface area (Å²) in [5.74, 6) is 6.05. The largest absolute Gasteiger partial charge is 0.464 e. The number of furan rings is 1. The van der Waals surface area contributed by atoms with Gasteiger partial charge in [-0.15, -0.1) is 0 Å². The molecule has 1 amide bonds. The van der Waals surface area contributed by atoms with Gasteiger partial charge in [0.25, 0.3) is 0 Å². The lowest BCUT2D eigenvalue weighted by Gasteiger charge is -2.14. The maximum atomic E-state index is 12.2. The minimum atomic E-state index is -0.462. The first-order valence-electron chi connectivity index (χ1n) is 9.84. The van der Waals surface area contributed by atoms with Crippen molar-refractivity contribution in [2.24, 2.45) is 0 Å². The zero-order valence-electron chi connectivity index (χ0n) is 16.2. The van der Waals surface area contributed by atoms with Crippen molar-refractivity contribution in [1.29, 1.82) is 0 Å². The number of hydrogen-bond donors (Lipinski definition) is 1. The van der Waals surface area contributed by atoms with Crippen LogP contribution in [0.3, 0.4) is 0 Å². The van der Waals surface area contributed by atoms with Crippen LogP contribution in [0, 0.1) is 11.8 Å². The Morgan fingerprint density at radius 3 is 2.47 bits per heavy atom. The Balaban J connectivity index is 1.19. The monoisotopic (exact) mass is 393 g/mol. The molecule has 1 aromatic heterocycles. The normalized spacial score (nSPS) is 12.0. The van der Waals surface area contributed by atoms with Crippen molar-refractivity contribution in [3.05, 3.63) is 95.7 Å². The Morgan fingerprint density at radius 1 is 0.967 bits per heavy atom. The number of benzene rings is 3. The standard InChI is InChI=1S/C26H19NO3/c28-26(27-14-5-6-18-11-12-25-19(16-18)13-15-29-25)30-17-24-22-9-3-1-7-20(22)21-8-2-4-10-23(21)24/h1-4,7-13,15-16,24H,14,17H2,(H,27,28). The van der Waals surface area contributed by atoms with Gasteiger partial charge in [-0.25, -0.2) is 4.79 Å². The van der Waals surface area contributed by atoms with E-state index in [1.165, 1.54) is 22.3 Å². The van der Waals surface area contributed by atoms with Gasteiger partial charge in [-0.05, 0) is 46.5 Å². The zero-order chi connectivity index (χ0) is 20.3. The summed E-state index contributed by atoms with van der Waals surface area (Å²) in [5, 5.41) is 3.71. The van der Waals surface area contributed by atoms with E-state index >= 15 is 0 Å². The van der Waals surface area contributed by atoms with Crippen LogP contribution < -0.4 is 5.32 Å². The molecule has 0 saturated carbocycles. The third kappa shape index (κ3) is 3.42. The Morgan fingerprint density at radius 2 is 1.70 bits per heavy atom. The number of fused-ring (bicyclic) bond motifs is 4. The molecule has 0 bridgehead atoms. The molecule has 5 rings (SSSR count). The fraction of sp³-hybridized carbons (Fsp3) is 0.115. The number of hydrogen-bond acceptors (Lipinski definition) is 3. The van der Waals surface area contributed by atoms with Crippen LogP contribution >= 0.6 is 0 Å². The van der Waals surface area contributed by atoms with Crippen LogP contribution in [0.5, 0.6) is 0 Å². The van der Waals surface area contributed by atoms with Crippen LogP contribution in [0.15, 0.2) is 83.5 Å². The van der Waals surface area contributed by atoms with Gasteiger partial charge in [0.2, 0.25) is 0 Å². The van der Waals surface area contributed by atoms with E-state index in [2.05, 4.69) is 41.4 Å². The molecule has 0 saturated heterocycles. The molecular weight excluding hydrogens is 374 g/mol. The molecule has 3 aromatic carbocycles. The van der Waals surface area contributed by atoms with Gasteiger partial charge in [0.15, 0.2) is 0 Å². The average molecular weight is 393 g/mol. The molecule has 1 heterocycles. The van der Waals surface area contributed by atoms with Crippen LogP contribution in [0.25, 0.3) is 22.1 Å². The van der Waals surface area contributed by atoms with E-state index in [0.717, 1.165) is 16.5 Å². The quantitative estimate of drug-likeness (QED) is 0.479. The average Bonchev–Trinajstić information content (AvgIpc) is 3.37. The number of alkyl carbamates (subject to hydrolysis) is 1. The Kier molecular flexibility index (Phi) is 4.71. The highest BCUT2D eigenvalue weighted by Gasteiger charge is 2.28. The fourth-order valence-electron chi connectivity index (χ4n) is 3.96. The lowest BCUT2D eigenvalue weighted by molar-refractivity contribution is 0.144. The van der Waals surface area contributed by atoms with Crippen molar-refractivity contribution in [3.63, 3.8) is 0 Å². The van der Waals surface area contributed by atoms with Crippen molar-refractivity contribution < 1.29 is 13.9 Å². The summed E-state index contributed by atoms with van der Waals surface area (Å²) in [6.07, 6.45) is 1.19. The minimum Gasteiger partial charge on any atom is -0.464 e. The highest BCUT2D eigenvalue weighted by Crippen LogP contribution is 2.44. The summed E-state index contributed by atoms with van der Waals surface area (Å²) in [4.78, 5) is 12.2. The molecule has 4 aromatic rings. The molecular formula is C26H19NO3. The van der Waals surface area contributed by atoms with Gasteiger partial charge in [0.1, 0.15) is 12.2 Å². The highest BCUT2D eigenvalue weighted by molar-refractivity contribution is 5.79. The van der Waals surface area contributed by atoms with E-state index in [1.54, 1.807) is 6.26 Å². The number of amides is 1. The topological polar surface area (TPSA) is 51.5 Å². The molecule has 1 N–H and O–H groups in total. The Hall–Kier alpha value is -3.97. The lowest BCUT2D eigenvalue weighted by atomic mass is 9.98. The zero-order valence-corrected chi connectivity index (χ0v) is 16.2. The third-order valence-electron chi connectivity index (χ3n) is 5.35. The van der Waals surface area contributed by atoms with Crippen LogP contribution in [0.4, 0.5) is 4.79 Å². The van der Waals surface area contributed by atoms with Crippen LogP contribution in [-0.2, 0) is 4.74 Å². The first-order chi connectivity index (χ1) is 14.8. The number of nitrogens with one attached hydrogen (secondary N) is 1. The van der Waals surface area contributed by atoms with Gasteiger partial charge in [0.05, 0.1) is 12.8 Å². The molecule has 0 aliphatic heterocycles. The van der Waals surface area contributed by atoms with Crippen LogP contribution in [-0.4, -0.2) is 19.2 Å². The van der Waals surface area contributed by atoms with Crippen molar-refractivity contribution in [3.8, 4) is 23.0 Å². The van der Waals surface area contributed by atoms with E-state index < -0.39 is 6.09 Å². The Labute approximate surface area is 174 Å². The fourth-order valence-corrected chi connectivity index (χ4v) is 3.96. The lowest BCUT2D eigenvalue weighted by Crippen LogP contribution is -2.26. The van der Waals surface area contributed by atoms with Crippen LogP contribution in [0.1, 0.15) is 22.6 Å². The van der Waals surface area contributed by atoms with Gasteiger partial charge < -0.3 is 14.5 Å². The molecule has 30 heavy (non-hydrogen) atoms. The summed E-state index contributed by atoms with van der Waals surface area (Å²) < 4.78 is 10.8. The number of rotatable bonds is 3. The van der Waals surface area contributed by atoms with Gasteiger partial charge in [-0.3, -0.25) is 0 Å². The van der Waals surface area contributed by atoms with Gasteiger partial charge in [0, 0.05) is 16.9 Å². The third-order valence-corrected chi connectivity index (χ3v) is 5.35. The predicted octanol–water partition coefficient (Wildman–Crippen LogP) is 5.32. The van der Waals surface area contributed by atoms with E-state index in [0.29, 0.717) is 6.61 Å². The molecule has 4 nitrogen and oxygen atoms in total. The maximum Gasteiger partial charge on any atom is 0.407 e. The highest BCUT2D eigenvalue weighted by atomic mass is 16.5. The molecule has 0 radical (unpaired) electrons. The van der Waals surface area contributed by atoms with E-state index in [4.69, 9.17) is 9.15 Å². The summed E-state index contributed by atoms with van der Waals surface area (Å²) in [6.45, 7) is 0.518. The molecule has 1 aliphatic rings. The van der Waals surface area contributed by atoms with Crippen molar-refractivity contribution in [2.45, 2.75) is 5.92 Å². The van der Waals surface area contributed by atoms with E-state index in [9.17, 15) is 4.79 Å². The SMILES string of the molecule is O=C(NCC#Cc1ccc2occc2c1)OCC1c2ccccc2-c2ccccc21. The number of carbonyl (C=O) groups is 1. The number of carbonyl (C=O) groups excluding carboxylic acids is 1. The van der Waals surface area contributed by atoms with Gasteiger partial charge >= 0.3 is 6.09 Å². The van der Waals surface area contributed by atoms with Gasteiger partial charge in [-0.2, -0.15) is 0 Å². The maximum absolute atomic E-state index is 12.2. The molecule has 0 unspecified atom stereocenters. The molecule has 1 aliphatic carbocycles. The molecule has 146 valence electrons. The van der Waals surface area contributed by atoms with Crippen molar-refractivity contribution in [2.75, 3.05) is 13.2 Å². The summed E-state index contributed by atoms with van der Waals surface area (Å²) in [5.41, 5.74) is 6.52. The Bertz CT molecular complexity index is 1250. The predicted molar refractivity (Wildman–Crippen MR) is 116 cm³/mol. The summed E-state index contributed by atoms with van der Waals surface area (Å²) >= 11 is 0. The van der Waals surface area contributed by atoms with E-state index in [1.807, 2.05) is 48.5 Å². The van der Waals surface area contributed by atoms with Crippen molar-refractivity contribution >= 4 is 17.1 Å². The van der Waals surface area contributed by atoms with Crippen molar-refractivity contribution in [1.82, 2.24) is 5.32 Å². The van der Waals surface area contributed by atoms with Gasteiger partial charge in [-0.1, -0.05) is 60.4 Å². The van der Waals surface area contributed by atoms with E-state index in [-0.39, 0.29) is 12.5 Å². The smallest absolute Gasteiger partial charge is 0.407 e. The first kappa shape index (κ1) is 18.1. The van der Waals surface area contributed by atoms with Crippen LogP contribution in [0.2, 0.25) is 0 Å². The molecule has 0 spiro atoms. The molecule has 0 fully saturated rings. The molecule has 4 heteroatoms. The first-order valence-corrected chi connectivity index (χ1v) is 9.84. The summed E-state index contributed by atoms with van der Waals surface area (Å²) in [6, 6.07) is 24.2. The second-order valence-corrected chi connectivity index (χ2v) is 7.15. The number of ether oxygens (including phenoxy) is 1. The summed E-state index contributed by atoms with van der Waals surface area (Å²) in [7, 11) is 0. The second kappa shape index (κ2) is 7.81. The molecule has 0 atom stereocenters. The second-order valence-electron chi connectivity index (χ2n) is 7.15. The minimum absolute atomic E-state index is 0.0518.